The number of esters is 1. The number of fused-ring (bicyclic) bond motifs is 1. The Morgan fingerprint density at radius 1 is 1.28 bits per heavy atom. The number of rotatable bonds is 6. The molecule has 6 heteroatoms. The van der Waals surface area contributed by atoms with Crippen molar-refractivity contribution < 1.29 is 18.7 Å². The Labute approximate surface area is 175 Å². The first-order chi connectivity index (χ1) is 13.8. The Balaban J connectivity index is 1.96. The Morgan fingerprint density at radius 2 is 2.00 bits per heavy atom. The smallest absolute Gasteiger partial charge is 0.341 e. The minimum atomic E-state index is -0.589. The van der Waals surface area contributed by atoms with Crippen molar-refractivity contribution in [1.82, 2.24) is 0 Å². The van der Waals surface area contributed by atoms with Crippen LogP contribution in [-0.4, -0.2) is 18.5 Å². The second kappa shape index (κ2) is 8.66. The van der Waals surface area contributed by atoms with Crippen molar-refractivity contribution in [3.05, 3.63) is 51.7 Å². The number of amides is 1. The maximum Gasteiger partial charge on any atom is 0.341 e. The van der Waals surface area contributed by atoms with E-state index in [0.717, 1.165) is 36.1 Å². The van der Waals surface area contributed by atoms with E-state index in [1.165, 1.54) is 29.5 Å². The summed E-state index contributed by atoms with van der Waals surface area (Å²) in [5.41, 5.74) is 1.57. The van der Waals surface area contributed by atoms with Gasteiger partial charge in [0.15, 0.2) is 0 Å². The molecule has 1 atom stereocenters. The van der Waals surface area contributed by atoms with Crippen LogP contribution < -0.4 is 5.32 Å². The number of ether oxygens (including phenoxy) is 1. The maximum absolute atomic E-state index is 14.0. The molecule has 0 saturated carbocycles. The van der Waals surface area contributed by atoms with Gasteiger partial charge in [0.1, 0.15) is 10.8 Å². The summed E-state index contributed by atoms with van der Waals surface area (Å²) in [7, 11) is 0. The number of benzene rings is 1. The minimum absolute atomic E-state index is 0.0429. The number of hydrogen-bond acceptors (Lipinski definition) is 4. The second-order valence-electron chi connectivity index (χ2n) is 8.14. The lowest BCUT2D eigenvalue weighted by molar-refractivity contribution is 0.0526. The summed E-state index contributed by atoms with van der Waals surface area (Å²) in [6.07, 6.45) is 3.74. The zero-order valence-corrected chi connectivity index (χ0v) is 18.2. The van der Waals surface area contributed by atoms with E-state index in [1.54, 1.807) is 13.0 Å². The molecule has 0 unspecified atom stereocenters. The molecule has 0 fully saturated rings. The van der Waals surface area contributed by atoms with Crippen LogP contribution in [0.5, 0.6) is 0 Å². The molecule has 29 heavy (non-hydrogen) atoms. The number of carbonyl (C=O) groups excluding carboxylic acids is 2. The van der Waals surface area contributed by atoms with Gasteiger partial charge in [0.25, 0.3) is 5.91 Å². The molecule has 0 aliphatic heterocycles. The molecular formula is C23H28FNO3S. The SMILES string of the molecule is CCOC(=O)c1c(NC(=O)c2ccccc2F)sc2c1CC[C@@H](C(C)(C)CC)C2. The summed E-state index contributed by atoms with van der Waals surface area (Å²) in [5, 5.41) is 3.23. The van der Waals surface area contributed by atoms with Gasteiger partial charge in [0.2, 0.25) is 0 Å². The number of carbonyl (C=O) groups is 2. The van der Waals surface area contributed by atoms with E-state index in [9.17, 15) is 14.0 Å². The molecule has 1 aliphatic rings. The molecule has 2 aromatic rings. The summed E-state index contributed by atoms with van der Waals surface area (Å²) < 4.78 is 19.3. The van der Waals surface area contributed by atoms with Gasteiger partial charge in [-0.15, -0.1) is 11.3 Å². The van der Waals surface area contributed by atoms with E-state index in [4.69, 9.17) is 4.74 Å². The third-order valence-electron chi connectivity index (χ3n) is 6.11. The molecule has 0 bridgehead atoms. The van der Waals surface area contributed by atoms with Crippen molar-refractivity contribution in [1.29, 1.82) is 0 Å². The summed E-state index contributed by atoms with van der Waals surface area (Å²) in [4.78, 5) is 26.5. The van der Waals surface area contributed by atoms with Crippen LogP contribution in [0.4, 0.5) is 9.39 Å². The first kappa shape index (κ1) is 21.5. The first-order valence-corrected chi connectivity index (χ1v) is 11.0. The molecule has 1 heterocycles. The van der Waals surface area contributed by atoms with Crippen LogP contribution in [0.2, 0.25) is 0 Å². The van der Waals surface area contributed by atoms with Crippen LogP contribution in [0.3, 0.4) is 0 Å². The third-order valence-corrected chi connectivity index (χ3v) is 7.28. The predicted octanol–water partition coefficient (Wildman–Crippen LogP) is 5.86. The molecule has 0 radical (unpaired) electrons. The Morgan fingerprint density at radius 3 is 2.66 bits per heavy atom. The summed E-state index contributed by atoms with van der Waals surface area (Å²) in [6, 6.07) is 5.83. The summed E-state index contributed by atoms with van der Waals surface area (Å²) >= 11 is 1.42. The molecule has 0 spiro atoms. The number of nitrogens with one attached hydrogen (secondary N) is 1. The van der Waals surface area contributed by atoms with E-state index in [1.807, 2.05) is 0 Å². The topological polar surface area (TPSA) is 55.4 Å². The maximum atomic E-state index is 14.0. The Kier molecular flexibility index (Phi) is 6.42. The largest absolute Gasteiger partial charge is 0.462 e. The normalized spacial score (nSPS) is 16.2. The highest BCUT2D eigenvalue weighted by Crippen LogP contribution is 2.45. The molecule has 1 aromatic carbocycles. The van der Waals surface area contributed by atoms with Gasteiger partial charge >= 0.3 is 5.97 Å². The third kappa shape index (κ3) is 4.37. The Hall–Kier alpha value is -2.21. The lowest BCUT2D eigenvalue weighted by Gasteiger charge is -2.36. The van der Waals surface area contributed by atoms with E-state index >= 15 is 0 Å². The van der Waals surface area contributed by atoms with Gasteiger partial charge in [-0.3, -0.25) is 4.79 Å². The molecule has 4 nitrogen and oxygen atoms in total. The van der Waals surface area contributed by atoms with Crippen molar-refractivity contribution >= 4 is 28.2 Å². The Bertz CT molecular complexity index is 919. The highest BCUT2D eigenvalue weighted by molar-refractivity contribution is 7.17. The van der Waals surface area contributed by atoms with Crippen LogP contribution in [0.1, 0.15) is 71.7 Å². The van der Waals surface area contributed by atoms with Crippen LogP contribution in [0.15, 0.2) is 24.3 Å². The van der Waals surface area contributed by atoms with Gasteiger partial charge in [-0.05, 0) is 55.2 Å². The highest BCUT2D eigenvalue weighted by atomic mass is 32.1. The van der Waals surface area contributed by atoms with Gasteiger partial charge in [-0.2, -0.15) is 0 Å². The second-order valence-corrected chi connectivity index (χ2v) is 9.25. The van der Waals surface area contributed by atoms with E-state index in [0.29, 0.717) is 16.5 Å². The zero-order chi connectivity index (χ0) is 21.2. The number of anilines is 1. The average Bonchev–Trinajstić information content (AvgIpc) is 3.05. The fourth-order valence-electron chi connectivity index (χ4n) is 3.86. The molecule has 156 valence electrons. The van der Waals surface area contributed by atoms with Crippen molar-refractivity contribution in [3.63, 3.8) is 0 Å². The molecule has 1 aliphatic carbocycles. The molecule has 3 rings (SSSR count). The zero-order valence-electron chi connectivity index (χ0n) is 17.4. The predicted molar refractivity (Wildman–Crippen MR) is 114 cm³/mol. The number of halogens is 1. The van der Waals surface area contributed by atoms with Gasteiger partial charge < -0.3 is 10.1 Å². The molecular weight excluding hydrogens is 389 g/mol. The molecule has 0 saturated heterocycles. The average molecular weight is 418 g/mol. The van der Waals surface area contributed by atoms with Gasteiger partial charge in [0, 0.05) is 4.88 Å². The monoisotopic (exact) mass is 417 g/mol. The van der Waals surface area contributed by atoms with Crippen molar-refractivity contribution in [3.8, 4) is 0 Å². The lowest BCUT2D eigenvalue weighted by atomic mass is 9.69. The quantitative estimate of drug-likeness (QED) is 0.599. The van der Waals surface area contributed by atoms with Crippen LogP contribution in [0, 0.1) is 17.2 Å². The first-order valence-electron chi connectivity index (χ1n) is 10.2. The van der Waals surface area contributed by atoms with Crippen LogP contribution in [0.25, 0.3) is 0 Å². The number of thiophene rings is 1. The highest BCUT2D eigenvalue weighted by Gasteiger charge is 2.35. The summed E-state index contributed by atoms with van der Waals surface area (Å²) in [5.74, 6) is -1.06. The van der Waals surface area contributed by atoms with Gasteiger partial charge in [-0.25, -0.2) is 9.18 Å². The van der Waals surface area contributed by atoms with Crippen LogP contribution in [-0.2, 0) is 17.6 Å². The molecule has 1 amide bonds. The fraction of sp³-hybridized carbons (Fsp3) is 0.478. The molecule has 1 N–H and O–H groups in total. The van der Waals surface area contributed by atoms with Crippen molar-refractivity contribution in [2.75, 3.05) is 11.9 Å². The van der Waals surface area contributed by atoms with Gasteiger partial charge in [-0.1, -0.05) is 39.3 Å². The van der Waals surface area contributed by atoms with Crippen molar-refractivity contribution in [2.24, 2.45) is 11.3 Å². The van der Waals surface area contributed by atoms with E-state index in [-0.39, 0.29) is 17.6 Å². The number of hydrogen-bond donors (Lipinski definition) is 1. The van der Waals surface area contributed by atoms with E-state index in [2.05, 4.69) is 26.1 Å². The molecule has 1 aromatic heterocycles. The lowest BCUT2D eigenvalue weighted by Crippen LogP contribution is -2.28. The van der Waals surface area contributed by atoms with E-state index < -0.39 is 17.7 Å². The van der Waals surface area contributed by atoms with Crippen molar-refractivity contribution in [2.45, 2.75) is 53.4 Å². The minimum Gasteiger partial charge on any atom is -0.462 e. The van der Waals surface area contributed by atoms with Crippen LogP contribution >= 0.6 is 11.3 Å². The standard InChI is InChI=1S/C23H28FNO3S/c1-5-23(3,4)14-11-12-16-18(13-14)29-21(19(16)22(27)28-6-2)25-20(26)15-9-7-8-10-17(15)24/h7-10,14H,5-6,11-13H2,1-4H3,(H,25,26)/t14-/m1/s1. The van der Waals surface area contributed by atoms with Gasteiger partial charge in [0.05, 0.1) is 17.7 Å². The summed E-state index contributed by atoms with van der Waals surface area (Å²) in [6.45, 7) is 8.78. The fourth-order valence-corrected chi connectivity index (χ4v) is 5.18.